The summed E-state index contributed by atoms with van der Waals surface area (Å²) in [5.41, 5.74) is 7.12. The average Bonchev–Trinajstić information content (AvgIpc) is 3.45. The maximum absolute atomic E-state index is 12.9. The van der Waals surface area contributed by atoms with Crippen molar-refractivity contribution in [2.24, 2.45) is 5.73 Å². The third-order valence-electron chi connectivity index (χ3n) is 4.41. The number of primary amides is 1. The number of carbonyl (C=O) groups is 3. The van der Waals surface area contributed by atoms with E-state index in [0.29, 0.717) is 5.82 Å². The molecule has 4 heterocycles. The molecular weight excluding hydrogens is 392 g/mol. The lowest BCUT2D eigenvalue weighted by atomic mass is 10.0. The number of hydrogen-bond donors (Lipinski definition) is 3. The fourth-order valence-corrected chi connectivity index (χ4v) is 3.92. The molecule has 0 aliphatic rings. The highest BCUT2D eigenvalue weighted by atomic mass is 32.1. The van der Waals surface area contributed by atoms with Gasteiger partial charge in [-0.2, -0.15) is 0 Å². The first kappa shape index (κ1) is 18.6. The number of nitrogens with two attached hydrogens (primary N) is 1. The van der Waals surface area contributed by atoms with Crippen molar-refractivity contribution in [3.05, 3.63) is 65.8 Å². The summed E-state index contributed by atoms with van der Waals surface area (Å²) in [5, 5.41) is 4.53. The van der Waals surface area contributed by atoms with Gasteiger partial charge < -0.3 is 16.0 Å². The number of imidazole rings is 1. The number of Topliss-reactive ketones (excluding diaryl/α,β-unsaturated/α-hetero) is 1. The minimum Gasteiger partial charge on any atom is -0.363 e. The fourth-order valence-electron chi connectivity index (χ4n) is 3.03. The van der Waals surface area contributed by atoms with Gasteiger partial charge in [0.15, 0.2) is 0 Å². The van der Waals surface area contributed by atoms with Crippen LogP contribution in [0.15, 0.2) is 54.6 Å². The molecule has 29 heavy (non-hydrogen) atoms. The molecular formula is C19H16N6O3S. The fraction of sp³-hybridized carbons (Fsp3) is 0.105. The molecule has 0 saturated carbocycles. The highest BCUT2D eigenvalue weighted by Gasteiger charge is 2.28. The second kappa shape index (κ2) is 7.68. The molecule has 4 aromatic rings. The van der Waals surface area contributed by atoms with Crippen LogP contribution < -0.4 is 11.1 Å². The Hall–Kier alpha value is -3.79. The van der Waals surface area contributed by atoms with Crippen LogP contribution in [0.2, 0.25) is 0 Å². The molecule has 1 unspecified atom stereocenters. The number of H-pyrrole nitrogens is 1. The summed E-state index contributed by atoms with van der Waals surface area (Å²) >= 11 is 1.51. The van der Waals surface area contributed by atoms with Crippen LogP contribution in [0.3, 0.4) is 0 Å². The maximum Gasteiger partial charge on any atom is 0.287 e. The van der Waals surface area contributed by atoms with Crippen LogP contribution in [-0.2, 0) is 16.0 Å². The Morgan fingerprint density at radius 3 is 2.90 bits per heavy atom. The van der Waals surface area contributed by atoms with Crippen molar-refractivity contribution in [2.45, 2.75) is 12.5 Å². The molecule has 9 nitrogen and oxygen atoms in total. The molecule has 0 aromatic carbocycles. The van der Waals surface area contributed by atoms with Gasteiger partial charge in [-0.15, -0.1) is 11.3 Å². The van der Waals surface area contributed by atoms with Crippen molar-refractivity contribution < 1.29 is 14.4 Å². The second-order valence-electron chi connectivity index (χ2n) is 6.27. The van der Waals surface area contributed by atoms with Crippen molar-refractivity contribution in [1.29, 1.82) is 0 Å². The predicted octanol–water partition coefficient (Wildman–Crippen LogP) is 1.21. The highest BCUT2D eigenvalue weighted by molar-refractivity contribution is 7.17. The molecule has 0 saturated heterocycles. The van der Waals surface area contributed by atoms with Crippen LogP contribution in [-0.4, -0.2) is 43.2 Å². The van der Waals surface area contributed by atoms with Gasteiger partial charge in [-0.1, -0.05) is 6.07 Å². The molecule has 0 aliphatic heterocycles. The molecule has 0 spiro atoms. The molecule has 1 atom stereocenters. The number of hydrogen-bond acceptors (Lipinski definition) is 6. The van der Waals surface area contributed by atoms with Gasteiger partial charge in [-0.25, -0.2) is 9.97 Å². The number of rotatable bonds is 7. The Morgan fingerprint density at radius 2 is 2.14 bits per heavy atom. The Balaban J connectivity index is 1.61. The predicted molar refractivity (Wildman–Crippen MR) is 107 cm³/mol. The van der Waals surface area contributed by atoms with Crippen molar-refractivity contribution in [2.75, 3.05) is 0 Å². The number of nitrogens with one attached hydrogen (secondary N) is 2. The number of carbonyl (C=O) groups excluding carboxylic acids is 3. The average molecular weight is 408 g/mol. The van der Waals surface area contributed by atoms with Crippen molar-refractivity contribution in [3.63, 3.8) is 0 Å². The summed E-state index contributed by atoms with van der Waals surface area (Å²) < 4.78 is 2.45. The van der Waals surface area contributed by atoms with Crippen LogP contribution in [0.4, 0.5) is 0 Å². The van der Waals surface area contributed by atoms with Crippen molar-refractivity contribution in [1.82, 2.24) is 24.8 Å². The highest BCUT2D eigenvalue weighted by Crippen LogP contribution is 2.25. The van der Waals surface area contributed by atoms with E-state index in [4.69, 9.17) is 5.73 Å². The maximum atomic E-state index is 12.9. The van der Waals surface area contributed by atoms with Crippen LogP contribution >= 0.6 is 11.3 Å². The SMILES string of the molecule is NC(=O)C(=O)C(Cc1c[nH]c2ccsc12)NC(=O)c1cncn1-c1ccccn1. The second-order valence-corrected chi connectivity index (χ2v) is 7.19. The Morgan fingerprint density at radius 1 is 1.28 bits per heavy atom. The van der Waals surface area contributed by atoms with E-state index in [-0.39, 0.29) is 12.1 Å². The molecule has 0 radical (unpaired) electrons. The number of fused-ring (bicyclic) bond motifs is 1. The Labute approximate surface area is 168 Å². The summed E-state index contributed by atoms with van der Waals surface area (Å²) in [6, 6.07) is 6.06. The monoisotopic (exact) mass is 408 g/mol. The van der Waals surface area contributed by atoms with Crippen LogP contribution in [0, 0.1) is 0 Å². The lowest BCUT2D eigenvalue weighted by Gasteiger charge is -2.16. The van der Waals surface area contributed by atoms with Gasteiger partial charge in [0, 0.05) is 18.8 Å². The molecule has 146 valence electrons. The van der Waals surface area contributed by atoms with Crippen molar-refractivity contribution in [3.8, 4) is 5.82 Å². The minimum absolute atomic E-state index is 0.131. The van der Waals surface area contributed by atoms with Crippen molar-refractivity contribution >= 4 is 39.2 Å². The third-order valence-corrected chi connectivity index (χ3v) is 5.40. The first-order chi connectivity index (χ1) is 14.0. The first-order valence-corrected chi connectivity index (χ1v) is 9.54. The molecule has 0 bridgehead atoms. The summed E-state index contributed by atoms with van der Waals surface area (Å²) in [7, 11) is 0. The lowest BCUT2D eigenvalue weighted by molar-refractivity contribution is -0.137. The molecule has 4 rings (SSSR count). The molecule has 4 aromatic heterocycles. The van der Waals surface area contributed by atoms with E-state index < -0.39 is 23.6 Å². The van der Waals surface area contributed by atoms with Gasteiger partial charge in [-0.3, -0.25) is 19.0 Å². The van der Waals surface area contributed by atoms with Gasteiger partial charge >= 0.3 is 0 Å². The summed E-state index contributed by atoms with van der Waals surface area (Å²) in [6.07, 6.45) is 6.29. The number of aromatic amines is 1. The zero-order valence-electron chi connectivity index (χ0n) is 15.0. The van der Waals surface area contributed by atoms with Crippen LogP contribution in [0.5, 0.6) is 0 Å². The summed E-state index contributed by atoms with van der Waals surface area (Å²) in [6.45, 7) is 0. The topological polar surface area (TPSA) is 136 Å². The van der Waals surface area contributed by atoms with Gasteiger partial charge in [0.1, 0.15) is 23.9 Å². The summed E-state index contributed by atoms with van der Waals surface area (Å²) in [4.78, 5) is 48.1. The molecule has 0 aliphatic carbocycles. The first-order valence-electron chi connectivity index (χ1n) is 8.66. The quantitative estimate of drug-likeness (QED) is 0.395. The van der Waals surface area contributed by atoms with E-state index in [0.717, 1.165) is 15.8 Å². The van der Waals surface area contributed by atoms with Crippen LogP contribution in [0.1, 0.15) is 16.1 Å². The zero-order valence-corrected chi connectivity index (χ0v) is 15.8. The van der Waals surface area contributed by atoms with E-state index in [1.54, 1.807) is 30.6 Å². The minimum atomic E-state index is -1.11. The van der Waals surface area contributed by atoms with E-state index >= 15 is 0 Å². The summed E-state index contributed by atoms with van der Waals surface area (Å²) in [5.74, 6) is -2.04. The molecule has 10 heteroatoms. The normalized spacial score (nSPS) is 12.0. The lowest BCUT2D eigenvalue weighted by Crippen LogP contribution is -2.47. The van der Waals surface area contributed by atoms with Gasteiger partial charge in [0.05, 0.1) is 16.4 Å². The van der Waals surface area contributed by atoms with E-state index in [2.05, 4.69) is 20.3 Å². The molecule has 0 fully saturated rings. The van der Waals surface area contributed by atoms with E-state index in [9.17, 15) is 14.4 Å². The van der Waals surface area contributed by atoms with E-state index in [1.165, 1.54) is 28.4 Å². The number of pyridine rings is 1. The number of thiophene rings is 1. The standard InChI is InChI=1S/C19H16N6O3S/c20-18(27)16(26)13(7-11-8-23-12-4-6-29-17(11)12)24-19(28)14-9-21-10-25(14)15-3-1-2-5-22-15/h1-6,8-10,13,23H,7H2,(H2,20,27)(H,24,28). The Bertz CT molecular complexity index is 1190. The van der Waals surface area contributed by atoms with Gasteiger partial charge in [-0.05, 0) is 29.1 Å². The number of amides is 2. The number of aromatic nitrogens is 4. The van der Waals surface area contributed by atoms with Gasteiger partial charge in [0.25, 0.3) is 11.8 Å². The molecule has 2 amide bonds. The smallest absolute Gasteiger partial charge is 0.287 e. The molecule has 4 N–H and O–H groups in total. The largest absolute Gasteiger partial charge is 0.363 e. The van der Waals surface area contributed by atoms with Gasteiger partial charge in [0.2, 0.25) is 5.78 Å². The van der Waals surface area contributed by atoms with Crippen LogP contribution in [0.25, 0.3) is 16.0 Å². The number of ketones is 1. The Kier molecular flexibility index (Phi) is 4.92. The zero-order chi connectivity index (χ0) is 20.4. The van der Waals surface area contributed by atoms with E-state index in [1.807, 2.05) is 11.4 Å². The third kappa shape index (κ3) is 3.65. The number of nitrogens with zero attached hydrogens (tertiary/aromatic N) is 3.